The molecule has 33 heavy (non-hydrogen) atoms. The molecule has 2 atom stereocenters. The third-order valence-electron chi connectivity index (χ3n) is 6.25. The minimum atomic E-state index is -0.514. The Kier molecular flexibility index (Phi) is 6.26. The van der Waals surface area contributed by atoms with Crippen LogP contribution in [0.2, 0.25) is 0 Å². The number of likely N-dealkylation sites (tertiary alicyclic amines) is 1. The van der Waals surface area contributed by atoms with Crippen LogP contribution in [0, 0.1) is 0 Å². The first-order valence-electron chi connectivity index (χ1n) is 11.5. The predicted octanol–water partition coefficient (Wildman–Crippen LogP) is 2.40. The normalized spacial score (nSPS) is 20.8. The number of aryl methyl sites for hydroxylation is 1. The minimum Gasteiger partial charge on any atom is -0.488 e. The lowest BCUT2D eigenvalue weighted by atomic mass is 10.1. The average Bonchev–Trinajstić information content (AvgIpc) is 3.47. The first kappa shape index (κ1) is 21.5. The number of imidazole rings is 1. The molecule has 0 bridgehead atoms. The predicted molar refractivity (Wildman–Crippen MR) is 123 cm³/mol. The van der Waals surface area contributed by atoms with Crippen LogP contribution in [-0.4, -0.2) is 76.6 Å². The molecule has 2 aliphatic rings. The molecule has 3 aromatic rings. The number of benzene rings is 2. The molecule has 1 N–H and O–H groups in total. The summed E-state index contributed by atoms with van der Waals surface area (Å²) >= 11 is 0. The van der Waals surface area contributed by atoms with E-state index >= 15 is 0 Å². The fraction of sp³-hybridized carbons (Fsp3) is 0.400. The topological polar surface area (TPSA) is 87.8 Å². The SMILES string of the molecule is O=C([C@@H]1C[C@H](Oc2ccccc2)CN1C(=O)CCc1nc2ccccc2[nH]1)N1CCOCC1. The lowest BCUT2D eigenvalue weighted by Crippen LogP contribution is -2.51. The molecule has 3 heterocycles. The molecule has 2 fully saturated rings. The standard InChI is InChI=1S/C25H28N4O4/c30-24(11-10-23-26-20-8-4-5-9-21(20)27-23)29-17-19(33-18-6-2-1-3-7-18)16-22(29)25(31)28-12-14-32-15-13-28/h1-9,19,22H,10-17H2,(H,26,27)/t19-,22-/m0/s1. The average molecular weight is 449 g/mol. The number of morpholine rings is 1. The van der Waals surface area contributed by atoms with Crippen LogP contribution in [0.1, 0.15) is 18.7 Å². The zero-order valence-corrected chi connectivity index (χ0v) is 18.5. The molecule has 2 amide bonds. The van der Waals surface area contributed by atoms with Gasteiger partial charge in [0.2, 0.25) is 11.8 Å². The van der Waals surface area contributed by atoms with Crippen LogP contribution < -0.4 is 4.74 Å². The van der Waals surface area contributed by atoms with Gasteiger partial charge in [-0.15, -0.1) is 0 Å². The number of hydrogen-bond acceptors (Lipinski definition) is 5. The summed E-state index contributed by atoms with van der Waals surface area (Å²) in [7, 11) is 0. The number of fused-ring (bicyclic) bond motifs is 1. The van der Waals surface area contributed by atoms with Crippen molar-refractivity contribution in [2.24, 2.45) is 0 Å². The minimum absolute atomic E-state index is 0.0189. The highest BCUT2D eigenvalue weighted by Gasteiger charge is 2.42. The number of para-hydroxylation sites is 3. The van der Waals surface area contributed by atoms with Gasteiger partial charge in [0.05, 0.1) is 30.8 Å². The van der Waals surface area contributed by atoms with Gasteiger partial charge >= 0.3 is 0 Å². The Bertz CT molecular complexity index is 1080. The molecule has 0 saturated carbocycles. The van der Waals surface area contributed by atoms with Gasteiger partial charge in [0.15, 0.2) is 0 Å². The van der Waals surface area contributed by atoms with Crippen molar-refractivity contribution in [3.8, 4) is 5.75 Å². The number of ether oxygens (including phenoxy) is 2. The van der Waals surface area contributed by atoms with Crippen LogP contribution in [-0.2, 0) is 20.7 Å². The second kappa shape index (κ2) is 9.62. The molecule has 1 aromatic heterocycles. The molecule has 8 nitrogen and oxygen atoms in total. The van der Waals surface area contributed by atoms with Gasteiger partial charge in [-0.1, -0.05) is 30.3 Å². The second-order valence-corrected chi connectivity index (χ2v) is 8.49. The highest BCUT2D eigenvalue weighted by Crippen LogP contribution is 2.26. The number of hydrogen-bond donors (Lipinski definition) is 1. The Morgan fingerprint density at radius 3 is 2.61 bits per heavy atom. The lowest BCUT2D eigenvalue weighted by molar-refractivity contribution is -0.146. The first-order chi connectivity index (χ1) is 16.2. The van der Waals surface area contributed by atoms with Crippen molar-refractivity contribution < 1.29 is 19.1 Å². The van der Waals surface area contributed by atoms with Crippen LogP contribution in [0.5, 0.6) is 5.75 Å². The lowest BCUT2D eigenvalue weighted by Gasteiger charge is -2.32. The Labute approximate surface area is 192 Å². The van der Waals surface area contributed by atoms with Gasteiger partial charge in [-0.25, -0.2) is 4.98 Å². The number of aromatic nitrogens is 2. The summed E-state index contributed by atoms with van der Waals surface area (Å²) in [6.07, 6.45) is 1.04. The van der Waals surface area contributed by atoms with E-state index < -0.39 is 6.04 Å². The molecule has 0 aliphatic carbocycles. The molecule has 8 heteroatoms. The van der Waals surface area contributed by atoms with Gasteiger partial charge in [-0.3, -0.25) is 9.59 Å². The molecule has 5 rings (SSSR count). The number of amides is 2. The van der Waals surface area contributed by atoms with Crippen molar-refractivity contribution in [1.29, 1.82) is 0 Å². The van der Waals surface area contributed by atoms with Gasteiger partial charge in [0, 0.05) is 32.4 Å². The molecule has 2 saturated heterocycles. The summed E-state index contributed by atoms with van der Waals surface area (Å²) in [5.41, 5.74) is 1.84. The Morgan fingerprint density at radius 2 is 1.82 bits per heavy atom. The van der Waals surface area contributed by atoms with E-state index in [0.717, 1.165) is 22.6 Å². The largest absolute Gasteiger partial charge is 0.488 e. The van der Waals surface area contributed by atoms with Crippen molar-refractivity contribution in [2.75, 3.05) is 32.8 Å². The van der Waals surface area contributed by atoms with E-state index in [2.05, 4.69) is 9.97 Å². The summed E-state index contributed by atoms with van der Waals surface area (Å²) in [5.74, 6) is 1.45. The van der Waals surface area contributed by atoms with E-state index in [0.29, 0.717) is 45.7 Å². The number of nitrogens with one attached hydrogen (secondary N) is 1. The van der Waals surface area contributed by atoms with Crippen LogP contribution in [0.15, 0.2) is 54.6 Å². The highest BCUT2D eigenvalue weighted by molar-refractivity contribution is 5.88. The molecule has 0 radical (unpaired) electrons. The maximum atomic E-state index is 13.3. The third-order valence-corrected chi connectivity index (χ3v) is 6.25. The van der Waals surface area contributed by atoms with E-state index in [1.807, 2.05) is 54.6 Å². The van der Waals surface area contributed by atoms with Gasteiger partial charge in [-0.05, 0) is 24.3 Å². The summed E-state index contributed by atoms with van der Waals surface area (Å²) in [5, 5.41) is 0. The smallest absolute Gasteiger partial charge is 0.245 e. The number of carbonyl (C=O) groups excluding carboxylic acids is 2. The van der Waals surface area contributed by atoms with E-state index in [4.69, 9.17) is 9.47 Å². The monoisotopic (exact) mass is 448 g/mol. The van der Waals surface area contributed by atoms with Crippen molar-refractivity contribution in [2.45, 2.75) is 31.4 Å². The number of nitrogens with zero attached hydrogens (tertiary/aromatic N) is 3. The third kappa shape index (κ3) is 4.85. The van der Waals surface area contributed by atoms with Crippen LogP contribution >= 0.6 is 0 Å². The van der Waals surface area contributed by atoms with Gasteiger partial charge < -0.3 is 24.3 Å². The molecule has 0 spiro atoms. The first-order valence-corrected chi connectivity index (χ1v) is 11.5. The van der Waals surface area contributed by atoms with E-state index in [1.54, 1.807) is 9.80 Å². The zero-order chi connectivity index (χ0) is 22.6. The Morgan fingerprint density at radius 1 is 1.06 bits per heavy atom. The number of rotatable bonds is 6. The summed E-state index contributed by atoms with van der Waals surface area (Å²) < 4.78 is 11.5. The summed E-state index contributed by atoms with van der Waals surface area (Å²) in [6, 6.07) is 16.8. The second-order valence-electron chi connectivity index (χ2n) is 8.49. The van der Waals surface area contributed by atoms with Gasteiger partial charge in [0.25, 0.3) is 0 Å². The molecule has 2 aliphatic heterocycles. The van der Waals surface area contributed by atoms with Crippen LogP contribution in [0.25, 0.3) is 11.0 Å². The van der Waals surface area contributed by atoms with Crippen LogP contribution in [0.4, 0.5) is 0 Å². The van der Waals surface area contributed by atoms with Gasteiger partial charge in [0.1, 0.15) is 23.7 Å². The number of aromatic amines is 1. The molecular weight excluding hydrogens is 420 g/mol. The molecule has 0 unspecified atom stereocenters. The van der Waals surface area contributed by atoms with Gasteiger partial charge in [-0.2, -0.15) is 0 Å². The van der Waals surface area contributed by atoms with E-state index in [1.165, 1.54) is 0 Å². The number of carbonyl (C=O) groups is 2. The summed E-state index contributed by atoms with van der Waals surface area (Å²) in [6.45, 7) is 2.57. The van der Waals surface area contributed by atoms with Crippen molar-refractivity contribution in [1.82, 2.24) is 19.8 Å². The fourth-order valence-corrected chi connectivity index (χ4v) is 4.57. The Balaban J connectivity index is 1.28. The zero-order valence-electron chi connectivity index (χ0n) is 18.5. The summed E-state index contributed by atoms with van der Waals surface area (Å²) in [4.78, 5) is 37.9. The quantitative estimate of drug-likeness (QED) is 0.626. The highest BCUT2D eigenvalue weighted by atomic mass is 16.5. The number of H-pyrrole nitrogens is 1. The van der Waals surface area contributed by atoms with Crippen molar-refractivity contribution in [3.05, 3.63) is 60.4 Å². The van der Waals surface area contributed by atoms with E-state index in [-0.39, 0.29) is 24.3 Å². The molecule has 2 aromatic carbocycles. The maximum Gasteiger partial charge on any atom is 0.245 e. The van der Waals surface area contributed by atoms with E-state index in [9.17, 15) is 9.59 Å². The Hall–Kier alpha value is -3.39. The molecule has 172 valence electrons. The van der Waals surface area contributed by atoms with Crippen molar-refractivity contribution in [3.63, 3.8) is 0 Å². The fourth-order valence-electron chi connectivity index (χ4n) is 4.57. The van der Waals surface area contributed by atoms with Crippen molar-refractivity contribution >= 4 is 22.8 Å². The molecular formula is C25H28N4O4. The maximum absolute atomic E-state index is 13.3. The van der Waals surface area contributed by atoms with Crippen LogP contribution in [0.3, 0.4) is 0 Å².